The van der Waals surface area contributed by atoms with Crippen molar-refractivity contribution in [2.24, 2.45) is 0 Å². The van der Waals surface area contributed by atoms with Gasteiger partial charge in [-0.3, -0.25) is 0 Å². The van der Waals surface area contributed by atoms with Crippen molar-refractivity contribution < 1.29 is 28.5 Å². The lowest BCUT2D eigenvalue weighted by atomic mass is 10.0. The highest BCUT2D eigenvalue weighted by atomic mass is 19.1. The minimum atomic E-state index is -1.55. The van der Waals surface area contributed by atoms with E-state index in [-0.39, 0.29) is 6.42 Å². The zero-order chi connectivity index (χ0) is 16.6. The smallest absolute Gasteiger partial charge is 0.336 e. The first-order chi connectivity index (χ1) is 11.0. The van der Waals surface area contributed by atoms with Crippen LogP contribution in [-0.4, -0.2) is 41.5 Å². The van der Waals surface area contributed by atoms with E-state index in [1.54, 1.807) is 19.1 Å². The second-order valence-electron chi connectivity index (χ2n) is 5.55. The van der Waals surface area contributed by atoms with Crippen LogP contribution in [-0.2, 0) is 4.74 Å². The van der Waals surface area contributed by atoms with Crippen LogP contribution in [0.15, 0.2) is 33.5 Å². The van der Waals surface area contributed by atoms with Gasteiger partial charge in [-0.15, -0.1) is 0 Å². The van der Waals surface area contributed by atoms with Crippen molar-refractivity contribution in [3.8, 4) is 5.75 Å². The number of aryl methyl sites for hydroxylation is 1. The van der Waals surface area contributed by atoms with Crippen LogP contribution in [0.2, 0.25) is 0 Å². The van der Waals surface area contributed by atoms with Crippen LogP contribution >= 0.6 is 0 Å². The third-order valence-electron chi connectivity index (χ3n) is 3.87. The van der Waals surface area contributed by atoms with Gasteiger partial charge in [-0.05, 0) is 24.6 Å². The molecule has 1 aromatic heterocycles. The van der Waals surface area contributed by atoms with Crippen LogP contribution in [0.5, 0.6) is 5.75 Å². The predicted molar refractivity (Wildman–Crippen MR) is 79.1 cm³/mol. The first-order valence-electron chi connectivity index (χ1n) is 7.27. The largest absolute Gasteiger partial charge is 0.465 e. The number of alkyl halides is 1. The number of rotatable bonds is 3. The molecular formula is C16H17FO6. The standard InChI is InChI=1S/C16H17FO6/c1-8-4-14(19)22-12-5-9(2-3-10(8)12)21-15-6-11(17)16(20)13(7-18)23-15/h2-5,11,13,15-16,18,20H,6-7H2,1H3. The molecule has 4 unspecified atom stereocenters. The summed E-state index contributed by atoms with van der Waals surface area (Å²) in [6.07, 6.45) is -5.07. The molecular weight excluding hydrogens is 307 g/mol. The number of halogens is 1. The molecule has 6 nitrogen and oxygen atoms in total. The minimum absolute atomic E-state index is 0.159. The Bertz CT molecular complexity index is 758. The monoisotopic (exact) mass is 324 g/mol. The summed E-state index contributed by atoms with van der Waals surface area (Å²) in [5.41, 5.74) is 0.677. The zero-order valence-corrected chi connectivity index (χ0v) is 12.4. The summed E-state index contributed by atoms with van der Waals surface area (Å²) in [4.78, 5) is 11.4. The van der Waals surface area contributed by atoms with Crippen LogP contribution in [0.4, 0.5) is 4.39 Å². The van der Waals surface area contributed by atoms with Gasteiger partial charge in [0.25, 0.3) is 0 Å². The van der Waals surface area contributed by atoms with Crippen LogP contribution in [0.25, 0.3) is 11.0 Å². The molecule has 23 heavy (non-hydrogen) atoms. The molecule has 0 radical (unpaired) electrons. The molecule has 1 aromatic carbocycles. The van der Waals surface area contributed by atoms with Crippen molar-refractivity contribution in [3.05, 3.63) is 40.2 Å². The fourth-order valence-corrected chi connectivity index (χ4v) is 2.64. The summed E-state index contributed by atoms with van der Waals surface area (Å²) >= 11 is 0. The lowest BCUT2D eigenvalue weighted by Gasteiger charge is -2.35. The first-order valence-corrected chi connectivity index (χ1v) is 7.27. The Morgan fingerprint density at radius 3 is 2.91 bits per heavy atom. The Hall–Kier alpha value is -1.96. The van der Waals surface area contributed by atoms with Crippen LogP contribution in [0, 0.1) is 6.92 Å². The quantitative estimate of drug-likeness (QED) is 0.827. The topological polar surface area (TPSA) is 89.1 Å². The van der Waals surface area contributed by atoms with Gasteiger partial charge in [0.05, 0.1) is 6.61 Å². The molecule has 2 N–H and O–H groups in total. The molecule has 1 saturated heterocycles. The Labute approximate surface area is 131 Å². The number of hydrogen-bond donors (Lipinski definition) is 2. The van der Waals surface area contributed by atoms with E-state index in [4.69, 9.17) is 19.0 Å². The van der Waals surface area contributed by atoms with E-state index < -0.39 is 36.9 Å². The average molecular weight is 324 g/mol. The lowest BCUT2D eigenvalue weighted by Crippen LogP contribution is -2.49. The third kappa shape index (κ3) is 3.21. The molecule has 3 rings (SSSR count). The maximum absolute atomic E-state index is 13.7. The molecule has 0 aliphatic carbocycles. The minimum Gasteiger partial charge on any atom is -0.465 e. The van der Waals surface area contributed by atoms with Gasteiger partial charge in [0, 0.05) is 23.9 Å². The van der Waals surface area contributed by atoms with E-state index in [1.165, 1.54) is 12.1 Å². The first kappa shape index (κ1) is 15.9. The fourth-order valence-electron chi connectivity index (χ4n) is 2.64. The molecule has 7 heteroatoms. The molecule has 0 bridgehead atoms. The molecule has 1 aliphatic heterocycles. The number of hydrogen-bond acceptors (Lipinski definition) is 6. The molecule has 0 amide bonds. The molecule has 124 valence electrons. The van der Waals surface area contributed by atoms with E-state index in [2.05, 4.69) is 0 Å². The number of aliphatic hydroxyl groups excluding tert-OH is 2. The van der Waals surface area contributed by atoms with Crippen molar-refractivity contribution in [2.45, 2.75) is 38.0 Å². The van der Waals surface area contributed by atoms with Crippen molar-refractivity contribution in [2.75, 3.05) is 6.61 Å². The fraction of sp³-hybridized carbons (Fsp3) is 0.438. The van der Waals surface area contributed by atoms with Crippen LogP contribution in [0.1, 0.15) is 12.0 Å². The summed E-state index contributed by atoms with van der Waals surface area (Å²) in [5, 5.41) is 19.4. The Morgan fingerprint density at radius 1 is 1.39 bits per heavy atom. The lowest BCUT2D eigenvalue weighted by molar-refractivity contribution is -0.217. The second-order valence-corrected chi connectivity index (χ2v) is 5.55. The van der Waals surface area contributed by atoms with Gasteiger partial charge in [0.1, 0.15) is 29.7 Å². The number of fused-ring (bicyclic) bond motifs is 1. The maximum Gasteiger partial charge on any atom is 0.336 e. The second kappa shape index (κ2) is 6.27. The summed E-state index contributed by atoms with van der Waals surface area (Å²) in [7, 11) is 0. The summed E-state index contributed by atoms with van der Waals surface area (Å²) < 4.78 is 29.7. The Morgan fingerprint density at radius 2 is 2.17 bits per heavy atom. The van der Waals surface area contributed by atoms with E-state index in [1.807, 2.05) is 0 Å². The van der Waals surface area contributed by atoms with Gasteiger partial charge in [0.2, 0.25) is 6.29 Å². The molecule has 0 saturated carbocycles. The average Bonchev–Trinajstić information content (AvgIpc) is 2.50. The third-order valence-corrected chi connectivity index (χ3v) is 3.87. The number of ether oxygens (including phenoxy) is 2. The van der Waals surface area contributed by atoms with Crippen LogP contribution in [0.3, 0.4) is 0 Å². The van der Waals surface area contributed by atoms with E-state index in [9.17, 15) is 14.3 Å². The van der Waals surface area contributed by atoms with Gasteiger partial charge in [0.15, 0.2) is 0 Å². The van der Waals surface area contributed by atoms with Gasteiger partial charge in [-0.1, -0.05) is 0 Å². The van der Waals surface area contributed by atoms with Gasteiger partial charge < -0.3 is 24.1 Å². The van der Waals surface area contributed by atoms with Gasteiger partial charge in [-0.25, -0.2) is 9.18 Å². The van der Waals surface area contributed by atoms with E-state index in [0.717, 1.165) is 10.9 Å². The summed E-state index contributed by atoms with van der Waals surface area (Å²) in [5.74, 6) is 0.344. The van der Waals surface area contributed by atoms with Gasteiger partial charge in [-0.2, -0.15) is 0 Å². The summed E-state index contributed by atoms with van der Waals surface area (Å²) in [6.45, 7) is 1.29. The van der Waals surface area contributed by atoms with E-state index >= 15 is 0 Å². The normalized spacial score (nSPS) is 28.0. The highest BCUT2D eigenvalue weighted by Gasteiger charge is 2.38. The highest BCUT2D eigenvalue weighted by molar-refractivity contribution is 5.81. The van der Waals surface area contributed by atoms with Crippen LogP contribution < -0.4 is 10.4 Å². The highest BCUT2D eigenvalue weighted by Crippen LogP contribution is 2.27. The van der Waals surface area contributed by atoms with Crippen molar-refractivity contribution in [1.82, 2.24) is 0 Å². The van der Waals surface area contributed by atoms with Crippen molar-refractivity contribution in [3.63, 3.8) is 0 Å². The number of aliphatic hydroxyl groups is 2. The summed E-state index contributed by atoms with van der Waals surface area (Å²) in [6, 6.07) is 6.31. The molecule has 1 fully saturated rings. The molecule has 2 heterocycles. The SMILES string of the molecule is Cc1cc(=O)oc2cc(OC3CC(F)C(O)C(CO)O3)ccc12. The predicted octanol–water partition coefficient (Wildman–Crippen LogP) is 1.29. The Kier molecular flexibility index (Phi) is 4.34. The van der Waals surface area contributed by atoms with Gasteiger partial charge >= 0.3 is 5.63 Å². The Balaban J connectivity index is 1.83. The number of benzene rings is 1. The molecule has 2 aromatic rings. The van der Waals surface area contributed by atoms with E-state index in [0.29, 0.717) is 11.3 Å². The molecule has 0 spiro atoms. The molecule has 4 atom stereocenters. The van der Waals surface area contributed by atoms with Crippen molar-refractivity contribution in [1.29, 1.82) is 0 Å². The maximum atomic E-state index is 13.7. The van der Waals surface area contributed by atoms with Crippen molar-refractivity contribution >= 4 is 11.0 Å². The zero-order valence-electron chi connectivity index (χ0n) is 12.4. The molecule has 1 aliphatic rings.